The van der Waals surface area contributed by atoms with E-state index in [2.05, 4.69) is 5.32 Å². The molecule has 0 spiro atoms. The lowest BCUT2D eigenvalue weighted by molar-refractivity contribution is -0.136. The van der Waals surface area contributed by atoms with Crippen LogP contribution in [0.5, 0.6) is 0 Å². The third kappa shape index (κ3) is 5.60. The quantitative estimate of drug-likeness (QED) is 0.509. The van der Waals surface area contributed by atoms with Crippen molar-refractivity contribution in [1.82, 2.24) is 5.32 Å². The van der Waals surface area contributed by atoms with Gasteiger partial charge in [-0.05, 0) is 6.42 Å². The Labute approximate surface area is 79.0 Å². The van der Waals surface area contributed by atoms with E-state index in [0.717, 1.165) is 6.42 Å². The number of carboxylic acid groups (broad SMARTS) is 1. The molecule has 0 rings (SSSR count). The van der Waals surface area contributed by atoms with Gasteiger partial charge in [-0.2, -0.15) is 0 Å². The highest BCUT2D eigenvalue weighted by Crippen LogP contribution is 2.17. The zero-order chi connectivity index (χ0) is 10.3. The summed E-state index contributed by atoms with van der Waals surface area (Å²) in [6, 6.07) is 0. The van der Waals surface area contributed by atoms with Gasteiger partial charge in [-0.25, -0.2) is 0 Å². The number of hydrogen-bond acceptors (Lipinski definition) is 3. The van der Waals surface area contributed by atoms with Gasteiger partial charge in [0.15, 0.2) is 0 Å². The van der Waals surface area contributed by atoms with Crippen LogP contribution in [-0.4, -0.2) is 35.9 Å². The highest BCUT2D eigenvalue weighted by Gasteiger charge is 2.19. The fraction of sp³-hybridized carbons (Fsp3) is 0.889. The normalized spacial score (nSPS) is 15.3. The van der Waals surface area contributed by atoms with Gasteiger partial charge in [0, 0.05) is 25.1 Å². The number of aliphatic hydroxyl groups excluding tert-OH is 1. The van der Waals surface area contributed by atoms with E-state index >= 15 is 0 Å². The van der Waals surface area contributed by atoms with Crippen molar-refractivity contribution in [2.24, 2.45) is 5.41 Å². The molecule has 0 fully saturated rings. The van der Waals surface area contributed by atoms with Crippen molar-refractivity contribution in [2.75, 3.05) is 19.7 Å². The van der Waals surface area contributed by atoms with Crippen molar-refractivity contribution < 1.29 is 15.0 Å². The Hall–Kier alpha value is -0.610. The molecule has 0 bridgehead atoms. The molecule has 1 atom stereocenters. The maximum Gasteiger partial charge on any atom is 0.304 e. The van der Waals surface area contributed by atoms with Crippen molar-refractivity contribution >= 4 is 5.97 Å². The first-order chi connectivity index (χ1) is 6.04. The van der Waals surface area contributed by atoms with E-state index in [0.29, 0.717) is 13.1 Å². The second-order valence-electron chi connectivity index (χ2n) is 3.64. The van der Waals surface area contributed by atoms with Crippen LogP contribution in [0, 0.1) is 5.41 Å². The maximum absolute atomic E-state index is 10.2. The van der Waals surface area contributed by atoms with Gasteiger partial charge in [-0.15, -0.1) is 0 Å². The van der Waals surface area contributed by atoms with Crippen molar-refractivity contribution in [3.05, 3.63) is 0 Å². The Morgan fingerprint density at radius 2 is 2.15 bits per heavy atom. The number of aliphatic hydroxyl groups is 1. The zero-order valence-electron chi connectivity index (χ0n) is 8.34. The summed E-state index contributed by atoms with van der Waals surface area (Å²) in [7, 11) is 0. The molecule has 0 radical (unpaired) electrons. The minimum Gasteiger partial charge on any atom is -0.481 e. The van der Waals surface area contributed by atoms with Crippen molar-refractivity contribution in [3.63, 3.8) is 0 Å². The topological polar surface area (TPSA) is 69.6 Å². The molecule has 0 heterocycles. The Balaban J connectivity index is 3.55. The van der Waals surface area contributed by atoms with Gasteiger partial charge < -0.3 is 15.5 Å². The molecule has 0 saturated heterocycles. The molecular formula is C9H19NO3. The number of hydrogen-bond donors (Lipinski definition) is 3. The second-order valence-corrected chi connectivity index (χ2v) is 3.64. The third-order valence-corrected chi connectivity index (χ3v) is 2.30. The molecule has 4 heteroatoms. The van der Waals surface area contributed by atoms with Crippen LogP contribution in [0.4, 0.5) is 0 Å². The maximum atomic E-state index is 10.2. The van der Waals surface area contributed by atoms with Crippen LogP contribution in [0.15, 0.2) is 0 Å². The van der Waals surface area contributed by atoms with Gasteiger partial charge in [0.05, 0.1) is 6.42 Å². The fourth-order valence-corrected chi connectivity index (χ4v) is 0.878. The summed E-state index contributed by atoms with van der Waals surface area (Å²) in [5.74, 6) is -0.797. The molecule has 78 valence electrons. The number of carbonyl (C=O) groups is 1. The molecule has 0 aliphatic carbocycles. The Bertz CT molecular complexity index is 155. The molecule has 0 aliphatic rings. The van der Waals surface area contributed by atoms with E-state index in [1.807, 2.05) is 13.8 Å². The van der Waals surface area contributed by atoms with E-state index in [1.54, 1.807) is 0 Å². The number of aliphatic carboxylic acids is 1. The summed E-state index contributed by atoms with van der Waals surface area (Å²) in [6.07, 6.45) is 1.01. The number of carboxylic acids is 1. The van der Waals surface area contributed by atoms with Crippen molar-refractivity contribution in [3.8, 4) is 0 Å². The zero-order valence-corrected chi connectivity index (χ0v) is 8.34. The molecule has 0 amide bonds. The molecular weight excluding hydrogens is 170 g/mol. The molecule has 3 N–H and O–H groups in total. The highest BCUT2D eigenvalue weighted by molar-refractivity contribution is 5.66. The first-order valence-corrected chi connectivity index (χ1v) is 4.57. The second kappa shape index (κ2) is 5.94. The van der Waals surface area contributed by atoms with Gasteiger partial charge in [-0.3, -0.25) is 4.79 Å². The minimum absolute atomic E-state index is 0.126. The lowest BCUT2D eigenvalue weighted by Crippen LogP contribution is -2.35. The van der Waals surface area contributed by atoms with Gasteiger partial charge in [-0.1, -0.05) is 13.8 Å². The summed E-state index contributed by atoms with van der Waals surface area (Å²) < 4.78 is 0. The number of rotatable bonds is 7. The molecule has 1 unspecified atom stereocenters. The minimum atomic E-state index is -0.797. The van der Waals surface area contributed by atoms with Crippen LogP contribution in [0.25, 0.3) is 0 Å². The first kappa shape index (κ1) is 12.4. The van der Waals surface area contributed by atoms with Crippen LogP contribution in [-0.2, 0) is 4.79 Å². The molecule has 0 aromatic rings. The summed E-state index contributed by atoms with van der Waals surface area (Å²) in [5, 5.41) is 20.4. The predicted octanol–water partition coefficient (Wildman–Crippen LogP) is 0.459. The van der Waals surface area contributed by atoms with Gasteiger partial charge in [0.2, 0.25) is 0 Å². The summed E-state index contributed by atoms with van der Waals surface area (Å²) in [4.78, 5) is 10.2. The predicted molar refractivity (Wildman–Crippen MR) is 50.6 cm³/mol. The third-order valence-electron chi connectivity index (χ3n) is 2.30. The largest absolute Gasteiger partial charge is 0.481 e. The molecule has 0 aromatic carbocycles. The van der Waals surface area contributed by atoms with E-state index in [9.17, 15) is 4.79 Å². The van der Waals surface area contributed by atoms with E-state index in [-0.39, 0.29) is 18.4 Å². The van der Waals surface area contributed by atoms with Crippen molar-refractivity contribution in [1.29, 1.82) is 0 Å². The fourth-order valence-electron chi connectivity index (χ4n) is 0.878. The Morgan fingerprint density at radius 3 is 2.54 bits per heavy atom. The summed E-state index contributed by atoms with van der Waals surface area (Å²) in [6.45, 7) is 5.23. The van der Waals surface area contributed by atoms with Crippen LogP contribution < -0.4 is 5.32 Å². The highest BCUT2D eigenvalue weighted by atomic mass is 16.4. The van der Waals surface area contributed by atoms with Crippen LogP contribution >= 0.6 is 0 Å². The van der Waals surface area contributed by atoms with E-state index in [1.165, 1.54) is 0 Å². The van der Waals surface area contributed by atoms with E-state index in [4.69, 9.17) is 10.2 Å². The van der Waals surface area contributed by atoms with Crippen LogP contribution in [0.3, 0.4) is 0 Å². The summed E-state index contributed by atoms with van der Waals surface area (Å²) >= 11 is 0. The first-order valence-electron chi connectivity index (χ1n) is 4.57. The Kier molecular flexibility index (Phi) is 5.66. The molecule has 4 nitrogen and oxygen atoms in total. The van der Waals surface area contributed by atoms with E-state index < -0.39 is 5.97 Å². The average Bonchev–Trinajstić information content (AvgIpc) is 2.12. The van der Waals surface area contributed by atoms with Gasteiger partial charge in [0.1, 0.15) is 0 Å². The molecule has 0 aromatic heterocycles. The average molecular weight is 189 g/mol. The van der Waals surface area contributed by atoms with Crippen LogP contribution in [0.1, 0.15) is 26.7 Å². The van der Waals surface area contributed by atoms with Crippen LogP contribution in [0.2, 0.25) is 0 Å². The number of nitrogens with one attached hydrogen (secondary N) is 1. The lowest BCUT2D eigenvalue weighted by Gasteiger charge is -2.25. The SMILES string of the molecule is CCC(C)(CO)CNCCC(=O)O. The smallest absolute Gasteiger partial charge is 0.304 e. The van der Waals surface area contributed by atoms with Crippen molar-refractivity contribution in [2.45, 2.75) is 26.7 Å². The lowest BCUT2D eigenvalue weighted by atomic mass is 9.89. The monoisotopic (exact) mass is 189 g/mol. The standard InChI is InChI=1S/C9H19NO3/c1-3-9(2,7-11)6-10-5-4-8(12)13/h10-11H,3-7H2,1-2H3,(H,12,13). The Morgan fingerprint density at radius 1 is 1.54 bits per heavy atom. The molecule has 13 heavy (non-hydrogen) atoms. The molecule has 0 aliphatic heterocycles. The van der Waals surface area contributed by atoms with Gasteiger partial charge in [0.25, 0.3) is 0 Å². The van der Waals surface area contributed by atoms with Gasteiger partial charge >= 0.3 is 5.97 Å². The molecule has 0 saturated carbocycles. The summed E-state index contributed by atoms with van der Waals surface area (Å²) in [5.41, 5.74) is -0.126.